The molecular weight excluding hydrogens is 228 g/mol. The van der Waals surface area contributed by atoms with Crippen LogP contribution in [0.1, 0.15) is 33.1 Å². The molecule has 18 heavy (non-hydrogen) atoms. The number of carbonyl (C=O) groups excluding carboxylic acids is 2. The molecule has 102 valence electrons. The Morgan fingerprint density at radius 1 is 1.50 bits per heavy atom. The number of nitrogens with one attached hydrogen (secondary N) is 1. The van der Waals surface area contributed by atoms with Crippen molar-refractivity contribution in [1.82, 2.24) is 5.32 Å². The molecule has 0 saturated heterocycles. The number of allylic oxidation sites excluding steroid dienone is 1. The van der Waals surface area contributed by atoms with E-state index in [2.05, 4.69) is 18.8 Å². The Hall–Kier alpha value is -1.32. The smallest absolute Gasteiger partial charge is 0.223 e. The van der Waals surface area contributed by atoms with Gasteiger partial charge in [0, 0.05) is 6.54 Å². The zero-order valence-corrected chi connectivity index (χ0v) is 11.3. The number of primary amides is 1. The minimum atomic E-state index is -0.429. The Kier molecular flexibility index (Phi) is 5.38. The van der Waals surface area contributed by atoms with E-state index in [0.29, 0.717) is 24.8 Å². The van der Waals surface area contributed by atoms with Crippen LogP contribution in [-0.2, 0) is 9.59 Å². The number of rotatable bonds is 8. The van der Waals surface area contributed by atoms with Crippen molar-refractivity contribution >= 4 is 11.8 Å². The molecular formula is C14H24N2O2. The van der Waals surface area contributed by atoms with Gasteiger partial charge in [-0.3, -0.25) is 9.59 Å². The quantitative estimate of drug-likeness (QED) is 0.642. The van der Waals surface area contributed by atoms with Crippen LogP contribution >= 0.6 is 0 Å². The maximum atomic E-state index is 12.1. The summed E-state index contributed by atoms with van der Waals surface area (Å²) in [5.41, 5.74) is 5.42. The van der Waals surface area contributed by atoms with Crippen molar-refractivity contribution < 1.29 is 9.59 Å². The summed E-state index contributed by atoms with van der Waals surface area (Å²) >= 11 is 0. The molecule has 4 nitrogen and oxygen atoms in total. The summed E-state index contributed by atoms with van der Waals surface area (Å²) in [5, 5.41) is 2.81. The highest BCUT2D eigenvalue weighted by atomic mass is 16.2. The van der Waals surface area contributed by atoms with Crippen molar-refractivity contribution in [3.8, 4) is 0 Å². The lowest BCUT2D eigenvalue weighted by atomic mass is 9.83. The number of amides is 2. The summed E-state index contributed by atoms with van der Waals surface area (Å²) in [6.07, 6.45) is 4.04. The largest absolute Gasteiger partial charge is 0.369 e. The number of hydrogen-bond donors (Lipinski definition) is 2. The van der Waals surface area contributed by atoms with E-state index in [9.17, 15) is 9.59 Å². The van der Waals surface area contributed by atoms with Gasteiger partial charge in [-0.2, -0.15) is 0 Å². The Morgan fingerprint density at radius 3 is 2.50 bits per heavy atom. The first-order valence-electron chi connectivity index (χ1n) is 6.69. The fourth-order valence-electron chi connectivity index (χ4n) is 2.47. The Balaban J connectivity index is 2.75. The van der Waals surface area contributed by atoms with Crippen LogP contribution in [0.2, 0.25) is 0 Å². The number of carbonyl (C=O) groups is 2. The Labute approximate surface area is 109 Å². The van der Waals surface area contributed by atoms with Gasteiger partial charge >= 0.3 is 0 Å². The molecule has 0 aliphatic heterocycles. The molecule has 1 aliphatic rings. The first kappa shape index (κ1) is 14.7. The van der Waals surface area contributed by atoms with Crippen molar-refractivity contribution in [3.05, 3.63) is 12.7 Å². The van der Waals surface area contributed by atoms with E-state index in [-0.39, 0.29) is 11.8 Å². The van der Waals surface area contributed by atoms with Gasteiger partial charge in [0.1, 0.15) is 0 Å². The lowest BCUT2D eigenvalue weighted by molar-refractivity contribution is -0.133. The number of nitrogens with two attached hydrogens (primary N) is 1. The molecule has 4 heteroatoms. The first-order valence-corrected chi connectivity index (χ1v) is 6.69. The fourth-order valence-corrected chi connectivity index (χ4v) is 2.47. The summed E-state index contributed by atoms with van der Waals surface area (Å²) in [7, 11) is 0. The summed E-state index contributed by atoms with van der Waals surface area (Å²) in [5.74, 6) is 0.0300. The average molecular weight is 252 g/mol. The van der Waals surface area contributed by atoms with Crippen molar-refractivity contribution in [3.63, 3.8) is 0 Å². The molecule has 0 heterocycles. The monoisotopic (exact) mass is 252 g/mol. The topological polar surface area (TPSA) is 72.2 Å². The van der Waals surface area contributed by atoms with Gasteiger partial charge in [-0.05, 0) is 38.0 Å². The first-order chi connectivity index (χ1) is 8.51. The predicted octanol–water partition coefficient (Wildman–Crippen LogP) is 1.46. The van der Waals surface area contributed by atoms with Gasteiger partial charge in [0.05, 0.1) is 11.8 Å². The predicted molar refractivity (Wildman–Crippen MR) is 71.6 cm³/mol. The molecule has 4 atom stereocenters. The second-order valence-electron chi connectivity index (χ2n) is 5.24. The molecule has 1 aliphatic carbocycles. The van der Waals surface area contributed by atoms with Gasteiger partial charge in [0.2, 0.25) is 11.8 Å². The number of hydrogen-bond acceptors (Lipinski definition) is 2. The second kappa shape index (κ2) is 6.57. The molecule has 0 bridgehead atoms. The van der Waals surface area contributed by atoms with Crippen LogP contribution in [0, 0.1) is 23.7 Å². The maximum Gasteiger partial charge on any atom is 0.223 e. The standard InChI is InChI=1S/C14H24N2O2/c1-4-6-11(13(15)17)12(14(18)16-5-2)8-10-7-9(10)3/h4,9-12H,1,5-8H2,2-3H3,(H2,15,17)(H,16,18). The van der Waals surface area contributed by atoms with Gasteiger partial charge in [-0.25, -0.2) is 0 Å². The minimum Gasteiger partial charge on any atom is -0.369 e. The van der Waals surface area contributed by atoms with Crippen LogP contribution in [-0.4, -0.2) is 18.4 Å². The minimum absolute atomic E-state index is 0.0535. The lowest BCUT2D eigenvalue weighted by Gasteiger charge is -2.23. The van der Waals surface area contributed by atoms with Gasteiger partial charge in [0.25, 0.3) is 0 Å². The molecule has 0 aromatic carbocycles. The highest BCUT2D eigenvalue weighted by molar-refractivity contribution is 5.87. The third kappa shape index (κ3) is 3.86. The molecule has 0 radical (unpaired) electrons. The van der Waals surface area contributed by atoms with E-state index < -0.39 is 11.8 Å². The molecule has 1 rings (SSSR count). The summed E-state index contributed by atoms with van der Waals surface area (Å²) in [6.45, 7) is 8.27. The van der Waals surface area contributed by atoms with Crippen LogP contribution in [0.4, 0.5) is 0 Å². The molecule has 2 amide bonds. The molecule has 3 N–H and O–H groups in total. The molecule has 0 aromatic rings. The second-order valence-corrected chi connectivity index (χ2v) is 5.24. The highest BCUT2D eigenvalue weighted by Gasteiger charge is 2.40. The van der Waals surface area contributed by atoms with Crippen LogP contribution in [0.5, 0.6) is 0 Å². The zero-order valence-electron chi connectivity index (χ0n) is 11.3. The van der Waals surface area contributed by atoms with Crippen LogP contribution < -0.4 is 11.1 Å². The molecule has 4 unspecified atom stereocenters. The molecule has 1 saturated carbocycles. The van der Waals surface area contributed by atoms with E-state index in [0.717, 1.165) is 12.8 Å². The third-order valence-corrected chi connectivity index (χ3v) is 3.79. The summed E-state index contributed by atoms with van der Waals surface area (Å²) in [4.78, 5) is 23.6. The average Bonchev–Trinajstić information content (AvgIpc) is 2.99. The fraction of sp³-hybridized carbons (Fsp3) is 0.714. The van der Waals surface area contributed by atoms with Crippen LogP contribution in [0.25, 0.3) is 0 Å². The van der Waals surface area contributed by atoms with Crippen molar-refractivity contribution in [2.75, 3.05) is 6.54 Å². The van der Waals surface area contributed by atoms with E-state index in [4.69, 9.17) is 5.73 Å². The molecule has 0 spiro atoms. The Bertz CT molecular complexity index is 328. The third-order valence-electron chi connectivity index (χ3n) is 3.79. The lowest BCUT2D eigenvalue weighted by Crippen LogP contribution is -2.40. The van der Waals surface area contributed by atoms with Crippen LogP contribution in [0.3, 0.4) is 0 Å². The van der Waals surface area contributed by atoms with E-state index in [1.165, 1.54) is 0 Å². The Morgan fingerprint density at radius 2 is 2.11 bits per heavy atom. The normalized spacial score (nSPS) is 25.0. The van der Waals surface area contributed by atoms with Gasteiger partial charge < -0.3 is 11.1 Å². The van der Waals surface area contributed by atoms with Gasteiger partial charge in [-0.15, -0.1) is 6.58 Å². The highest BCUT2D eigenvalue weighted by Crippen LogP contribution is 2.44. The van der Waals surface area contributed by atoms with Gasteiger partial charge in [0.15, 0.2) is 0 Å². The van der Waals surface area contributed by atoms with Gasteiger partial charge in [-0.1, -0.05) is 13.0 Å². The molecule has 1 fully saturated rings. The van der Waals surface area contributed by atoms with E-state index in [1.807, 2.05) is 6.92 Å². The van der Waals surface area contributed by atoms with Crippen molar-refractivity contribution in [1.29, 1.82) is 0 Å². The maximum absolute atomic E-state index is 12.1. The summed E-state index contributed by atoms with van der Waals surface area (Å²) in [6, 6.07) is 0. The van der Waals surface area contributed by atoms with Crippen LogP contribution in [0.15, 0.2) is 12.7 Å². The summed E-state index contributed by atoms with van der Waals surface area (Å²) < 4.78 is 0. The van der Waals surface area contributed by atoms with Crippen molar-refractivity contribution in [2.24, 2.45) is 29.4 Å². The van der Waals surface area contributed by atoms with Crippen molar-refractivity contribution in [2.45, 2.75) is 33.1 Å². The SMILES string of the molecule is C=CCC(C(N)=O)C(CC1CC1C)C(=O)NCC. The molecule has 0 aromatic heterocycles. The van der Waals surface area contributed by atoms with E-state index in [1.54, 1.807) is 6.08 Å². The zero-order chi connectivity index (χ0) is 13.7. The van der Waals surface area contributed by atoms with E-state index >= 15 is 0 Å².